The second kappa shape index (κ2) is 5.75. The van der Waals surface area contributed by atoms with Crippen molar-refractivity contribution < 1.29 is 26.8 Å². The standard InChI is InChI=1S/C12H17N3O8S/c1-12(2)22-8-6(5-20-24(13,18)19)21-10(9(8)23-12)15-4-3-7(16)14-11(15)17/h3-4,6,8-10H,5H2,1-2H3,(H2,13,18,19)(H,14,16,17)/t6-,8?,9?,10-/m1/s1. The molecular weight excluding hydrogens is 346 g/mol. The van der Waals surface area contributed by atoms with E-state index >= 15 is 0 Å². The van der Waals surface area contributed by atoms with Crippen molar-refractivity contribution >= 4 is 10.3 Å². The van der Waals surface area contributed by atoms with Gasteiger partial charge in [0.05, 0.1) is 6.61 Å². The highest BCUT2D eigenvalue weighted by Crippen LogP contribution is 2.42. The van der Waals surface area contributed by atoms with Crippen LogP contribution in [-0.2, 0) is 28.7 Å². The van der Waals surface area contributed by atoms with E-state index in [4.69, 9.17) is 19.3 Å². The van der Waals surface area contributed by atoms with Crippen molar-refractivity contribution in [2.24, 2.45) is 5.14 Å². The number of fused-ring (bicyclic) bond motifs is 1. The van der Waals surface area contributed by atoms with E-state index in [9.17, 15) is 18.0 Å². The van der Waals surface area contributed by atoms with Gasteiger partial charge in [0.25, 0.3) is 5.56 Å². The molecule has 2 saturated heterocycles. The van der Waals surface area contributed by atoms with Crippen LogP contribution in [-0.4, -0.2) is 48.7 Å². The molecule has 0 aliphatic carbocycles. The van der Waals surface area contributed by atoms with Gasteiger partial charge in [-0.05, 0) is 13.8 Å². The van der Waals surface area contributed by atoms with Crippen LogP contribution in [0.2, 0.25) is 0 Å². The van der Waals surface area contributed by atoms with E-state index in [1.54, 1.807) is 13.8 Å². The number of nitrogens with one attached hydrogen (secondary N) is 1. The first-order chi connectivity index (χ1) is 11.1. The van der Waals surface area contributed by atoms with Crippen LogP contribution in [0.3, 0.4) is 0 Å². The molecule has 1 aromatic rings. The van der Waals surface area contributed by atoms with Crippen LogP contribution in [0.5, 0.6) is 0 Å². The minimum Gasteiger partial charge on any atom is -0.346 e. The van der Waals surface area contributed by atoms with Crippen LogP contribution < -0.4 is 16.4 Å². The Kier molecular flexibility index (Phi) is 4.14. The summed E-state index contributed by atoms with van der Waals surface area (Å²) in [4.78, 5) is 25.3. The lowest BCUT2D eigenvalue weighted by Gasteiger charge is -2.24. The van der Waals surface area contributed by atoms with Gasteiger partial charge in [-0.2, -0.15) is 8.42 Å². The van der Waals surface area contributed by atoms with Crippen molar-refractivity contribution in [3.8, 4) is 0 Å². The molecular formula is C12H17N3O8S. The molecule has 1 aromatic heterocycles. The van der Waals surface area contributed by atoms with Gasteiger partial charge in [0.15, 0.2) is 12.0 Å². The lowest BCUT2D eigenvalue weighted by molar-refractivity contribution is -0.199. The number of aromatic nitrogens is 2. The predicted octanol–water partition coefficient (Wildman–Crippen LogP) is -1.83. The summed E-state index contributed by atoms with van der Waals surface area (Å²) in [5, 5.41) is 4.82. The number of ether oxygens (including phenoxy) is 3. The minimum atomic E-state index is -4.16. The van der Waals surface area contributed by atoms with Crippen molar-refractivity contribution in [1.82, 2.24) is 9.55 Å². The van der Waals surface area contributed by atoms with Gasteiger partial charge in [-0.3, -0.25) is 18.5 Å². The monoisotopic (exact) mass is 363 g/mol. The van der Waals surface area contributed by atoms with Crippen LogP contribution in [0.1, 0.15) is 20.1 Å². The Bertz CT molecular complexity index is 844. The van der Waals surface area contributed by atoms with Crippen LogP contribution in [0.25, 0.3) is 0 Å². The molecule has 24 heavy (non-hydrogen) atoms. The molecule has 3 heterocycles. The fourth-order valence-corrected chi connectivity index (χ4v) is 3.13. The van der Waals surface area contributed by atoms with Crippen LogP contribution >= 0.6 is 0 Å². The van der Waals surface area contributed by atoms with E-state index < -0.39 is 58.5 Å². The topological polar surface area (TPSA) is 152 Å². The molecule has 3 N–H and O–H groups in total. The lowest BCUT2D eigenvalue weighted by atomic mass is 10.1. The average molecular weight is 363 g/mol. The number of aromatic amines is 1. The summed E-state index contributed by atoms with van der Waals surface area (Å²) in [5.41, 5.74) is -1.24. The maximum atomic E-state index is 12.0. The third-order valence-electron chi connectivity index (χ3n) is 3.65. The number of nitrogens with zero attached hydrogens (tertiary/aromatic N) is 1. The Morgan fingerprint density at radius 1 is 1.33 bits per heavy atom. The van der Waals surface area contributed by atoms with Gasteiger partial charge in [-0.15, -0.1) is 0 Å². The molecule has 0 amide bonds. The summed E-state index contributed by atoms with van der Waals surface area (Å²) in [6.45, 7) is 2.96. The Morgan fingerprint density at radius 3 is 2.62 bits per heavy atom. The van der Waals surface area contributed by atoms with E-state index in [1.165, 1.54) is 6.20 Å². The number of hydrogen-bond acceptors (Lipinski definition) is 8. The molecule has 12 heteroatoms. The van der Waals surface area contributed by atoms with Gasteiger partial charge in [0, 0.05) is 12.3 Å². The number of H-pyrrole nitrogens is 1. The van der Waals surface area contributed by atoms with Gasteiger partial charge >= 0.3 is 16.0 Å². The Balaban J connectivity index is 1.90. The third kappa shape index (κ3) is 3.43. The normalized spacial score (nSPS) is 32.0. The number of nitrogens with two attached hydrogens (primary N) is 1. The SMILES string of the molecule is CC1(C)OC2C(O1)[C@@H](COS(N)(=O)=O)O[C@H]2n1ccc(=O)[nH]c1=O. The first-order valence-corrected chi connectivity index (χ1v) is 8.53. The molecule has 134 valence electrons. The molecule has 0 radical (unpaired) electrons. The fraction of sp³-hybridized carbons (Fsp3) is 0.667. The first kappa shape index (κ1) is 17.3. The molecule has 0 spiro atoms. The second-order valence-corrected chi connectivity index (χ2v) is 7.15. The molecule has 0 saturated carbocycles. The maximum absolute atomic E-state index is 12.0. The molecule has 0 aromatic carbocycles. The fourth-order valence-electron chi connectivity index (χ4n) is 2.81. The Morgan fingerprint density at radius 2 is 2.00 bits per heavy atom. The molecule has 2 unspecified atom stereocenters. The number of hydrogen-bond donors (Lipinski definition) is 2. The highest BCUT2D eigenvalue weighted by atomic mass is 32.2. The van der Waals surface area contributed by atoms with Crippen molar-refractivity contribution in [3.05, 3.63) is 33.1 Å². The van der Waals surface area contributed by atoms with E-state index in [0.717, 1.165) is 10.6 Å². The van der Waals surface area contributed by atoms with Gasteiger partial charge in [0.1, 0.15) is 18.3 Å². The molecule has 4 atom stereocenters. The summed E-state index contributed by atoms with van der Waals surface area (Å²) < 4.78 is 44.8. The van der Waals surface area contributed by atoms with Crippen LogP contribution in [0.15, 0.2) is 21.9 Å². The first-order valence-electron chi connectivity index (χ1n) is 7.05. The molecule has 11 nitrogen and oxygen atoms in total. The Labute approximate surface area is 136 Å². The smallest absolute Gasteiger partial charge is 0.333 e. The van der Waals surface area contributed by atoms with Crippen LogP contribution in [0, 0.1) is 0 Å². The van der Waals surface area contributed by atoms with Crippen molar-refractivity contribution in [2.45, 2.75) is 44.2 Å². The van der Waals surface area contributed by atoms with Gasteiger partial charge < -0.3 is 14.2 Å². The van der Waals surface area contributed by atoms with Gasteiger partial charge in [0.2, 0.25) is 0 Å². The molecule has 2 aliphatic heterocycles. The van der Waals surface area contributed by atoms with Gasteiger partial charge in [-0.1, -0.05) is 0 Å². The molecule has 2 aliphatic rings. The molecule has 3 rings (SSSR count). The summed E-state index contributed by atoms with van der Waals surface area (Å²) >= 11 is 0. The second-order valence-electron chi connectivity index (χ2n) is 5.92. The van der Waals surface area contributed by atoms with E-state index in [1.807, 2.05) is 0 Å². The zero-order chi connectivity index (χ0) is 17.7. The highest BCUT2D eigenvalue weighted by molar-refractivity contribution is 7.84. The van der Waals surface area contributed by atoms with E-state index in [-0.39, 0.29) is 0 Å². The Hall–Kier alpha value is -1.57. The highest BCUT2D eigenvalue weighted by Gasteiger charge is 2.56. The predicted molar refractivity (Wildman–Crippen MR) is 78.1 cm³/mol. The summed E-state index contributed by atoms with van der Waals surface area (Å²) in [7, 11) is -4.16. The quantitative estimate of drug-likeness (QED) is 0.634. The third-order valence-corrected chi connectivity index (χ3v) is 4.11. The zero-order valence-electron chi connectivity index (χ0n) is 12.9. The summed E-state index contributed by atoms with van der Waals surface area (Å²) in [6, 6.07) is 1.16. The summed E-state index contributed by atoms with van der Waals surface area (Å²) in [6.07, 6.45) is -1.86. The lowest BCUT2D eigenvalue weighted by Crippen LogP contribution is -2.37. The van der Waals surface area contributed by atoms with Crippen molar-refractivity contribution in [2.75, 3.05) is 6.61 Å². The van der Waals surface area contributed by atoms with Crippen molar-refractivity contribution in [1.29, 1.82) is 0 Å². The summed E-state index contributed by atoms with van der Waals surface area (Å²) in [5.74, 6) is -0.955. The van der Waals surface area contributed by atoms with Crippen LogP contribution in [0.4, 0.5) is 0 Å². The van der Waals surface area contributed by atoms with E-state index in [2.05, 4.69) is 9.17 Å². The van der Waals surface area contributed by atoms with Crippen molar-refractivity contribution in [3.63, 3.8) is 0 Å². The van der Waals surface area contributed by atoms with E-state index in [0.29, 0.717) is 0 Å². The molecule has 0 bridgehead atoms. The largest absolute Gasteiger partial charge is 0.346 e. The van der Waals surface area contributed by atoms with Gasteiger partial charge in [-0.25, -0.2) is 9.93 Å². The zero-order valence-corrected chi connectivity index (χ0v) is 13.7. The number of rotatable bonds is 4. The minimum absolute atomic E-state index is 0.395. The average Bonchev–Trinajstić information content (AvgIpc) is 2.90. The maximum Gasteiger partial charge on any atom is 0.333 e. The molecule has 2 fully saturated rings.